The van der Waals surface area contributed by atoms with E-state index in [1.54, 1.807) is 18.3 Å². The molecule has 0 aliphatic carbocycles. The summed E-state index contributed by atoms with van der Waals surface area (Å²) in [7, 11) is 0. The number of nitriles is 1. The maximum Gasteiger partial charge on any atom is 0.253 e. The second kappa shape index (κ2) is 6.40. The molecule has 3 heterocycles. The molecule has 1 unspecified atom stereocenters. The molecule has 1 fully saturated rings. The van der Waals surface area contributed by atoms with E-state index in [-0.39, 0.29) is 23.5 Å². The first-order valence-corrected chi connectivity index (χ1v) is 7.20. The molecule has 23 heavy (non-hydrogen) atoms. The maximum atomic E-state index is 13.7. The standard InChI is InChI=1S/C16H14FN5O/c17-14-2-1-6-19-15(14)22-7-5-13(10-22)21-16(23)11-3-4-12(8-18)20-9-11/h1-4,6,9,13H,5,7,10H2,(H,21,23). The molecular weight excluding hydrogens is 297 g/mol. The second-order valence-electron chi connectivity index (χ2n) is 5.26. The number of nitrogens with zero attached hydrogens (tertiary/aromatic N) is 4. The van der Waals surface area contributed by atoms with Crippen molar-refractivity contribution in [2.45, 2.75) is 12.5 Å². The van der Waals surface area contributed by atoms with E-state index in [1.807, 2.05) is 11.0 Å². The Hall–Kier alpha value is -3.01. The number of carbonyl (C=O) groups excluding carboxylic acids is 1. The second-order valence-corrected chi connectivity index (χ2v) is 5.26. The lowest BCUT2D eigenvalue weighted by atomic mass is 10.2. The van der Waals surface area contributed by atoms with Crippen LogP contribution in [0.3, 0.4) is 0 Å². The van der Waals surface area contributed by atoms with Gasteiger partial charge in [0.2, 0.25) is 0 Å². The van der Waals surface area contributed by atoms with Crippen LogP contribution in [0.2, 0.25) is 0 Å². The lowest BCUT2D eigenvalue weighted by molar-refractivity contribution is 0.0940. The fraction of sp³-hybridized carbons (Fsp3) is 0.250. The van der Waals surface area contributed by atoms with Crippen LogP contribution in [-0.2, 0) is 0 Å². The van der Waals surface area contributed by atoms with Crippen LogP contribution in [-0.4, -0.2) is 35.0 Å². The zero-order valence-electron chi connectivity index (χ0n) is 12.2. The zero-order valence-corrected chi connectivity index (χ0v) is 12.2. The summed E-state index contributed by atoms with van der Waals surface area (Å²) in [6, 6.07) is 7.80. The minimum Gasteiger partial charge on any atom is -0.352 e. The number of nitrogens with one attached hydrogen (secondary N) is 1. The van der Waals surface area contributed by atoms with Crippen LogP contribution in [0.1, 0.15) is 22.5 Å². The van der Waals surface area contributed by atoms with Crippen molar-refractivity contribution < 1.29 is 9.18 Å². The summed E-state index contributed by atoms with van der Waals surface area (Å²) in [6.45, 7) is 1.13. The summed E-state index contributed by atoms with van der Waals surface area (Å²) in [5.74, 6) is -0.310. The number of hydrogen-bond acceptors (Lipinski definition) is 5. The highest BCUT2D eigenvalue weighted by Crippen LogP contribution is 2.20. The average Bonchev–Trinajstić information content (AvgIpc) is 3.03. The van der Waals surface area contributed by atoms with Gasteiger partial charge in [0.05, 0.1) is 5.56 Å². The molecular formula is C16H14FN5O. The summed E-state index contributed by atoms with van der Waals surface area (Å²) in [5, 5.41) is 11.6. The summed E-state index contributed by atoms with van der Waals surface area (Å²) in [5.41, 5.74) is 0.658. The molecule has 3 rings (SSSR count). The Bertz CT molecular complexity index is 756. The Morgan fingerprint density at radius 3 is 2.96 bits per heavy atom. The third-order valence-electron chi connectivity index (χ3n) is 3.70. The minimum atomic E-state index is -0.365. The normalized spacial score (nSPS) is 16.9. The van der Waals surface area contributed by atoms with E-state index < -0.39 is 0 Å². The number of rotatable bonds is 3. The van der Waals surface area contributed by atoms with Gasteiger partial charge in [0.25, 0.3) is 5.91 Å². The monoisotopic (exact) mass is 311 g/mol. The minimum absolute atomic E-state index is 0.0838. The maximum absolute atomic E-state index is 13.7. The number of pyridine rings is 2. The van der Waals surface area contributed by atoms with E-state index in [0.717, 1.165) is 0 Å². The summed E-state index contributed by atoms with van der Waals surface area (Å²) in [4.78, 5) is 21.9. The van der Waals surface area contributed by atoms with Gasteiger partial charge in [0.1, 0.15) is 11.8 Å². The number of carbonyl (C=O) groups is 1. The van der Waals surface area contributed by atoms with E-state index in [4.69, 9.17) is 5.26 Å². The molecule has 116 valence electrons. The fourth-order valence-electron chi connectivity index (χ4n) is 2.54. The molecule has 1 N–H and O–H groups in total. The molecule has 1 amide bonds. The van der Waals surface area contributed by atoms with Gasteiger partial charge in [-0.1, -0.05) is 0 Å². The van der Waals surface area contributed by atoms with Gasteiger partial charge in [-0.3, -0.25) is 4.79 Å². The van der Waals surface area contributed by atoms with Crippen molar-refractivity contribution in [2.24, 2.45) is 0 Å². The smallest absolute Gasteiger partial charge is 0.253 e. The van der Waals surface area contributed by atoms with Crippen molar-refractivity contribution in [3.8, 4) is 6.07 Å². The van der Waals surface area contributed by atoms with Gasteiger partial charge in [-0.25, -0.2) is 14.4 Å². The van der Waals surface area contributed by atoms with E-state index in [1.165, 1.54) is 18.3 Å². The first-order chi connectivity index (χ1) is 11.2. The summed E-state index contributed by atoms with van der Waals surface area (Å²) in [6.07, 6.45) is 3.64. The van der Waals surface area contributed by atoms with Gasteiger partial charge in [-0.05, 0) is 30.7 Å². The zero-order chi connectivity index (χ0) is 16.2. The average molecular weight is 311 g/mol. The predicted octanol–water partition coefficient (Wildman–Crippen LogP) is 1.50. The lowest BCUT2D eigenvalue weighted by Gasteiger charge is -2.18. The number of hydrogen-bond donors (Lipinski definition) is 1. The fourth-order valence-corrected chi connectivity index (χ4v) is 2.54. The van der Waals surface area contributed by atoms with E-state index in [0.29, 0.717) is 30.9 Å². The molecule has 1 aliphatic rings. The van der Waals surface area contributed by atoms with Gasteiger partial charge >= 0.3 is 0 Å². The van der Waals surface area contributed by atoms with Crippen LogP contribution in [0.15, 0.2) is 36.7 Å². The number of amides is 1. The molecule has 0 spiro atoms. The largest absolute Gasteiger partial charge is 0.352 e. The predicted molar refractivity (Wildman–Crippen MR) is 81.2 cm³/mol. The van der Waals surface area contributed by atoms with Crippen molar-refractivity contribution >= 4 is 11.7 Å². The molecule has 1 saturated heterocycles. The molecule has 0 saturated carbocycles. The van der Waals surface area contributed by atoms with Crippen molar-refractivity contribution in [3.63, 3.8) is 0 Å². The highest BCUT2D eigenvalue weighted by molar-refractivity contribution is 5.94. The van der Waals surface area contributed by atoms with E-state index in [9.17, 15) is 9.18 Å². The van der Waals surface area contributed by atoms with Gasteiger partial charge in [0, 0.05) is 31.5 Å². The third kappa shape index (κ3) is 3.26. The van der Waals surface area contributed by atoms with Gasteiger partial charge in [0.15, 0.2) is 11.6 Å². The quantitative estimate of drug-likeness (QED) is 0.929. The van der Waals surface area contributed by atoms with Gasteiger partial charge in [-0.2, -0.15) is 5.26 Å². The SMILES string of the molecule is N#Cc1ccc(C(=O)NC2CCN(c3ncccc3F)C2)cn1. The molecule has 0 bridgehead atoms. The van der Waals surface area contributed by atoms with Crippen molar-refractivity contribution in [3.05, 3.63) is 53.7 Å². The highest BCUT2D eigenvalue weighted by Gasteiger charge is 2.26. The van der Waals surface area contributed by atoms with Crippen LogP contribution < -0.4 is 10.2 Å². The topological polar surface area (TPSA) is 81.9 Å². The van der Waals surface area contributed by atoms with Crippen LogP contribution in [0.5, 0.6) is 0 Å². The van der Waals surface area contributed by atoms with Gasteiger partial charge < -0.3 is 10.2 Å². The Morgan fingerprint density at radius 2 is 2.26 bits per heavy atom. The molecule has 6 nitrogen and oxygen atoms in total. The van der Waals surface area contributed by atoms with E-state index >= 15 is 0 Å². The first-order valence-electron chi connectivity index (χ1n) is 7.20. The van der Waals surface area contributed by atoms with Crippen LogP contribution >= 0.6 is 0 Å². The molecule has 0 radical (unpaired) electrons. The Labute approximate surface area is 132 Å². The Balaban J connectivity index is 1.62. The van der Waals surface area contributed by atoms with E-state index in [2.05, 4.69) is 15.3 Å². The number of aromatic nitrogens is 2. The van der Waals surface area contributed by atoms with Crippen molar-refractivity contribution in [1.29, 1.82) is 5.26 Å². The number of halogens is 1. The summed E-state index contributed by atoms with van der Waals surface area (Å²) >= 11 is 0. The van der Waals surface area contributed by atoms with Crippen molar-refractivity contribution in [1.82, 2.24) is 15.3 Å². The molecule has 0 aromatic carbocycles. The Morgan fingerprint density at radius 1 is 1.39 bits per heavy atom. The molecule has 1 aliphatic heterocycles. The van der Waals surface area contributed by atoms with Gasteiger partial charge in [-0.15, -0.1) is 0 Å². The molecule has 2 aromatic rings. The number of anilines is 1. The third-order valence-corrected chi connectivity index (χ3v) is 3.70. The van der Waals surface area contributed by atoms with Crippen molar-refractivity contribution in [2.75, 3.05) is 18.0 Å². The highest BCUT2D eigenvalue weighted by atomic mass is 19.1. The first kappa shape index (κ1) is 14.9. The Kier molecular flexibility index (Phi) is 4.15. The lowest BCUT2D eigenvalue weighted by Crippen LogP contribution is -2.37. The molecule has 1 atom stereocenters. The van der Waals surface area contributed by atoms with Crippen LogP contribution in [0, 0.1) is 17.1 Å². The molecule has 7 heteroatoms. The summed E-state index contributed by atoms with van der Waals surface area (Å²) < 4.78 is 13.7. The van der Waals surface area contributed by atoms with Crippen LogP contribution in [0.4, 0.5) is 10.2 Å². The van der Waals surface area contributed by atoms with Crippen LogP contribution in [0.25, 0.3) is 0 Å². The molecule has 2 aromatic heterocycles.